The van der Waals surface area contributed by atoms with E-state index in [4.69, 9.17) is 16.3 Å². The first-order chi connectivity index (χ1) is 8.49. The number of carbonyl (C=O) groups is 1. The van der Waals surface area contributed by atoms with Crippen LogP contribution in [0.25, 0.3) is 0 Å². The van der Waals surface area contributed by atoms with E-state index >= 15 is 0 Å². The lowest BCUT2D eigenvalue weighted by atomic mass is 10.1. The van der Waals surface area contributed by atoms with Gasteiger partial charge in [0, 0.05) is 9.13 Å². The molecule has 1 rings (SSSR count). The van der Waals surface area contributed by atoms with Crippen molar-refractivity contribution in [3.05, 3.63) is 26.6 Å². The number of carbonyl (C=O) groups excluding carboxylic acids is 1. The lowest BCUT2D eigenvalue weighted by Crippen LogP contribution is -2.11. The molecule has 0 aliphatic rings. The fraction of sp³-hybridized carbons (Fsp3) is 0.455. The maximum Gasteiger partial charge on any atom is 0.311 e. The normalized spacial score (nSPS) is 10.8. The summed E-state index contributed by atoms with van der Waals surface area (Å²) in [6, 6.07) is 1.22. The van der Waals surface area contributed by atoms with E-state index in [0.717, 1.165) is 0 Å². The van der Waals surface area contributed by atoms with Crippen molar-refractivity contribution in [1.82, 2.24) is 4.98 Å². The highest BCUT2D eigenvalue weighted by Gasteiger charge is 2.18. The minimum absolute atomic E-state index is 0.0225. The summed E-state index contributed by atoms with van der Waals surface area (Å²) in [4.78, 5) is 15.4. The average molecular weight is 390 g/mol. The Labute approximate surface area is 122 Å². The lowest BCUT2D eigenvalue weighted by molar-refractivity contribution is -0.142. The fourth-order valence-corrected chi connectivity index (χ4v) is 2.48. The predicted octanol–water partition coefficient (Wildman–Crippen LogP) is 3.47. The number of hydrogen-bond donors (Lipinski definition) is 0. The van der Waals surface area contributed by atoms with Gasteiger partial charge in [-0.05, 0) is 35.6 Å². The van der Waals surface area contributed by atoms with Crippen molar-refractivity contribution in [3.8, 4) is 0 Å². The van der Waals surface area contributed by atoms with E-state index in [0.29, 0.717) is 9.26 Å². The minimum Gasteiger partial charge on any atom is -0.466 e. The number of nitrogens with zero attached hydrogens (tertiary/aromatic N) is 1. The van der Waals surface area contributed by atoms with Crippen molar-refractivity contribution >= 4 is 40.2 Å². The van der Waals surface area contributed by atoms with Crippen LogP contribution in [0.3, 0.4) is 0 Å². The van der Waals surface area contributed by atoms with Crippen LogP contribution in [0.1, 0.15) is 30.3 Å². The van der Waals surface area contributed by atoms with Crippen LogP contribution in [0, 0.1) is 3.57 Å². The maximum atomic E-state index is 12.8. The smallest absolute Gasteiger partial charge is 0.311 e. The van der Waals surface area contributed by atoms with Gasteiger partial charge in [-0.25, -0.2) is 8.78 Å². The van der Waals surface area contributed by atoms with E-state index in [2.05, 4.69) is 4.98 Å². The third-order valence-electron chi connectivity index (χ3n) is 2.10. The van der Waals surface area contributed by atoms with Crippen LogP contribution in [0.2, 0.25) is 0 Å². The number of halogens is 4. The Hall–Kier alpha value is -0.500. The summed E-state index contributed by atoms with van der Waals surface area (Å²) in [7, 11) is 0. The Kier molecular flexibility index (Phi) is 6.20. The SMILES string of the molecule is CCOC(=O)Cc1cc(C(F)F)c(I)c(CCl)n1. The fourth-order valence-electron chi connectivity index (χ4n) is 1.36. The second kappa shape index (κ2) is 7.18. The van der Waals surface area contributed by atoms with Gasteiger partial charge in [-0.3, -0.25) is 9.78 Å². The van der Waals surface area contributed by atoms with Crippen molar-refractivity contribution in [1.29, 1.82) is 0 Å². The number of hydrogen-bond acceptors (Lipinski definition) is 3. The van der Waals surface area contributed by atoms with E-state index in [9.17, 15) is 13.6 Å². The first kappa shape index (κ1) is 15.6. The molecule has 0 radical (unpaired) electrons. The van der Waals surface area contributed by atoms with Crippen LogP contribution in [0.15, 0.2) is 6.07 Å². The van der Waals surface area contributed by atoms with Crippen molar-refractivity contribution < 1.29 is 18.3 Å². The Morgan fingerprint density at radius 1 is 1.61 bits per heavy atom. The molecule has 0 aromatic carbocycles. The zero-order valence-electron chi connectivity index (χ0n) is 9.55. The van der Waals surface area contributed by atoms with Gasteiger partial charge >= 0.3 is 5.97 Å². The molecule has 0 amide bonds. The molecule has 0 N–H and O–H groups in total. The molecular weight excluding hydrogens is 378 g/mol. The monoisotopic (exact) mass is 389 g/mol. The summed E-state index contributed by atoms with van der Waals surface area (Å²) in [6.07, 6.45) is -2.75. The van der Waals surface area contributed by atoms with Crippen molar-refractivity contribution in [3.63, 3.8) is 0 Å². The second-order valence-electron chi connectivity index (χ2n) is 3.38. The molecule has 0 fully saturated rings. The standard InChI is InChI=1S/C11H11ClF2INO2/c1-2-18-9(17)4-6-3-7(11(13)14)10(15)8(5-12)16-6/h3,11H,2,4-5H2,1H3. The molecule has 0 unspecified atom stereocenters. The van der Waals surface area contributed by atoms with E-state index in [1.807, 2.05) is 0 Å². The quantitative estimate of drug-likeness (QED) is 0.440. The van der Waals surface area contributed by atoms with Gasteiger partial charge in [0.25, 0.3) is 6.43 Å². The van der Waals surface area contributed by atoms with Gasteiger partial charge in [0.1, 0.15) is 0 Å². The molecule has 1 aromatic heterocycles. The number of rotatable bonds is 5. The molecule has 0 bridgehead atoms. The summed E-state index contributed by atoms with van der Waals surface area (Å²) < 4.78 is 30.7. The highest BCUT2D eigenvalue weighted by atomic mass is 127. The van der Waals surface area contributed by atoms with Crippen LogP contribution in [0.5, 0.6) is 0 Å². The van der Waals surface area contributed by atoms with Gasteiger partial charge in [-0.1, -0.05) is 0 Å². The zero-order chi connectivity index (χ0) is 13.7. The Morgan fingerprint density at radius 3 is 2.78 bits per heavy atom. The summed E-state index contributed by atoms with van der Waals surface area (Å²) in [5, 5.41) is 0. The molecule has 1 aromatic rings. The van der Waals surface area contributed by atoms with E-state index < -0.39 is 12.4 Å². The highest BCUT2D eigenvalue weighted by Crippen LogP contribution is 2.28. The molecule has 100 valence electrons. The molecule has 1 heterocycles. The molecule has 3 nitrogen and oxygen atoms in total. The average Bonchev–Trinajstić information content (AvgIpc) is 2.31. The molecule has 7 heteroatoms. The molecule has 0 saturated carbocycles. The number of esters is 1. The third-order valence-corrected chi connectivity index (χ3v) is 3.60. The number of ether oxygens (including phenoxy) is 1. The Balaban J connectivity index is 3.06. The first-order valence-corrected chi connectivity index (χ1v) is 6.78. The van der Waals surface area contributed by atoms with Crippen LogP contribution in [-0.2, 0) is 21.8 Å². The van der Waals surface area contributed by atoms with Gasteiger partial charge in [-0.2, -0.15) is 0 Å². The minimum atomic E-state index is -2.62. The summed E-state index contributed by atoms with van der Waals surface area (Å²) in [5.74, 6) is -0.471. The van der Waals surface area contributed by atoms with E-state index in [-0.39, 0.29) is 30.2 Å². The van der Waals surface area contributed by atoms with Gasteiger partial charge in [-0.15, -0.1) is 11.6 Å². The predicted molar refractivity (Wildman–Crippen MR) is 71.8 cm³/mol. The Bertz CT molecular complexity index is 443. The summed E-state index contributed by atoms with van der Waals surface area (Å²) in [5.41, 5.74) is 0.453. The molecular formula is C11H11ClF2INO2. The van der Waals surface area contributed by atoms with Crippen molar-refractivity contribution in [2.24, 2.45) is 0 Å². The number of pyridine rings is 1. The van der Waals surface area contributed by atoms with Gasteiger partial charge in [0.2, 0.25) is 0 Å². The molecule has 0 spiro atoms. The topological polar surface area (TPSA) is 39.2 Å². The first-order valence-electron chi connectivity index (χ1n) is 5.17. The lowest BCUT2D eigenvalue weighted by Gasteiger charge is -2.10. The Morgan fingerprint density at radius 2 is 2.28 bits per heavy atom. The largest absolute Gasteiger partial charge is 0.466 e. The summed E-state index contributed by atoms with van der Waals surface area (Å²) in [6.45, 7) is 1.92. The number of alkyl halides is 3. The van der Waals surface area contributed by atoms with Crippen LogP contribution in [-0.4, -0.2) is 17.6 Å². The molecule has 18 heavy (non-hydrogen) atoms. The van der Waals surface area contributed by atoms with Crippen molar-refractivity contribution in [2.45, 2.75) is 25.7 Å². The van der Waals surface area contributed by atoms with E-state index in [1.54, 1.807) is 29.5 Å². The molecule has 0 atom stereocenters. The van der Waals surface area contributed by atoms with Crippen LogP contribution < -0.4 is 0 Å². The van der Waals surface area contributed by atoms with Gasteiger partial charge in [0.05, 0.1) is 30.3 Å². The van der Waals surface area contributed by atoms with Crippen molar-refractivity contribution in [2.75, 3.05) is 6.61 Å². The maximum absolute atomic E-state index is 12.8. The second-order valence-corrected chi connectivity index (χ2v) is 4.73. The highest BCUT2D eigenvalue weighted by molar-refractivity contribution is 14.1. The van der Waals surface area contributed by atoms with Gasteiger partial charge in [0.15, 0.2) is 0 Å². The molecule has 0 saturated heterocycles. The third kappa shape index (κ3) is 4.01. The molecule has 0 aliphatic carbocycles. The van der Waals surface area contributed by atoms with Gasteiger partial charge < -0.3 is 4.74 Å². The summed E-state index contributed by atoms with van der Waals surface area (Å²) >= 11 is 7.43. The van der Waals surface area contributed by atoms with E-state index in [1.165, 1.54) is 6.07 Å². The van der Waals surface area contributed by atoms with Crippen LogP contribution in [0.4, 0.5) is 8.78 Å². The van der Waals surface area contributed by atoms with Crippen LogP contribution >= 0.6 is 34.2 Å². The molecule has 0 aliphatic heterocycles. The number of aromatic nitrogens is 1. The zero-order valence-corrected chi connectivity index (χ0v) is 12.5.